The second-order valence-electron chi connectivity index (χ2n) is 9.49. The highest BCUT2D eigenvalue weighted by Crippen LogP contribution is 2.59. The van der Waals surface area contributed by atoms with Gasteiger partial charge in [0.25, 0.3) is 0 Å². The molecule has 30 heavy (non-hydrogen) atoms. The Morgan fingerprint density at radius 2 is 1.60 bits per heavy atom. The van der Waals surface area contributed by atoms with Crippen molar-refractivity contribution in [3.63, 3.8) is 0 Å². The summed E-state index contributed by atoms with van der Waals surface area (Å²) in [5, 5.41) is 5.56. The van der Waals surface area contributed by atoms with Gasteiger partial charge in [0.1, 0.15) is 5.82 Å². The molecule has 7 rings (SSSR count). The van der Waals surface area contributed by atoms with Crippen molar-refractivity contribution in [2.75, 3.05) is 5.43 Å². The summed E-state index contributed by atoms with van der Waals surface area (Å²) in [6.07, 6.45) is 8.91. The van der Waals surface area contributed by atoms with Crippen LogP contribution in [-0.4, -0.2) is 11.2 Å². The van der Waals surface area contributed by atoms with E-state index in [0.717, 1.165) is 45.8 Å². The van der Waals surface area contributed by atoms with Crippen LogP contribution in [0, 0.1) is 29.5 Å². The number of anilines is 1. The molecule has 3 aromatic rings. The Morgan fingerprint density at radius 3 is 2.33 bits per heavy atom. The normalized spacial score (nSPS) is 29.7. The quantitative estimate of drug-likeness (QED) is 0.409. The number of rotatable bonds is 4. The lowest BCUT2D eigenvalue weighted by atomic mass is 9.51. The molecule has 4 aliphatic carbocycles. The maximum absolute atomic E-state index is 13.1. The molecule has 0 unspecified atom stereocenters. The zero-order chi connectivity index (χ0) is 20.1. The van der Waals surface area contributed by atoms with E-state index in [2.05, 4.69) is 40.9 Å². The average Bonchev–Trinajstić information content (AvgIpc) is 2.74. The molecule has 4 heteroatoms. The van der Waals surface area contributed by atoms with Crippen molar-refractivity contribution in [3.05, 3.63) is 71.7 Å². The highest BCUT2D eigenvalue weighted by Gasteiger charge is 2.49. The molecule has 1 N–H and O–H groups in total. The third-order valence-corrected chi connectivity index (χ3v) is 7.58. The van der Waals surface area contributed by atoms with Crippen LogP contribution in [0.4, 0.5) is 10.1 Å². The maximum atomic E-state index is 13.1. The molecule has 1 heterocycles. The van der Waals surface area contributed by atoms with Crippen LogP contribution in [0.1, 0.15) is 49.3 Å². The van der Waals surface area contributed by atoms with Gasteiger partial charge in [0, 0.05) is 22.6 Å². The molecule has 152 valence electrons. The van der Waals surface area contributed by atoms with Crippen molar-refractivity contribution >= 4 is 22.8 Å². The summed E-state index contributed by atoms with van der Waals surface area (Å²) in [6.45, 7) is 0. The Balaban J connectivity index is 1.34. The lowest BCUT2D eigenvalue weighted by Crippen LogP contribution is -2.44. The highest BCUT2D eigenvalue weighted by molar-refractivity contribution is 5.98. The first-order chi connectivity index (χ1) is 14.7. The zero-order valence-electron chi connectivity index (χ0n) is 17.0. The molecule has 4 saturated carbocycles. The van der Waals surface area contributed by atoms with Crippen molar-refractivity contribution in [2.24, 2.45) is 28.8 Å². The molecule has 4 aliphatic rings. The summed E-state index contributed by atoms with van der Waals surface area (Å²) < 4.78 is 13.1. The molecule has 1 aromatic heterocycles. The number of para-hydroxylation sites is 1. The lowest BCUT2D eigenvalue weighted by Gasteiger charge is -2.54. The van der Waals surface area contributed by atoms with E-state index in [1.165, 1.54) is 49.9 Å². The Hall–Kier alpha value is -2.75. The Labute approximate surface area is 176 Å². The average molecular weight is 400 g/mol. The van der Waals surface area contributed by atoms with E-state index in [0.29, 0.717) is 5.92 Å². The van der Waals surface area contributed by atoms with Gasteiger partial charge in [-0.15, -0.1) is 0 Å². The van der Waals surface area contributed by atoms with Gasteiger partial charge in [0.15, 0.2) is 0 Å². The number of benzene rings is 2. The maximum Gasteiger partial charge on any atom is 0.123 e. The minimum Gasteiger partial charge on any atom is -0.279 e. The van der Waals surface area contributed by atoms with Crippen LogP contribution in [0.25, 0.3) is 10.9 Å². The SMILES string of the molecule is Fc1ccc(N/N=C\c2cc(C3C4CC5CC(C4)CC3C5)nc3ccccc23)cc1. The second kappa shape index (κ2) is 7.19. The number of fused-ring (bicyclic) bond motifs is 1. The molecule has 0 atom stereocenters. The van der Waals surface area contributed by atoms with Crippen LogP contribution < -0.4 is 5.43 Å². The summed E-state index contributed by atoms with van der Waals surface area (Å²) in [5.74, 6) is 3.88. The van der Waals surface area contributed by atoms with E-state index in [1.54, 1.807) is 12.1 Å². The summed E-state index contributed by atoms with van der Waals surface area (Å²) >= 11 is 0. The third kappa shape index (κ3) is 3.19. The van der Waals surface area contributed by atoms with Gasteiger partial charge in [-0.2, -0.15) is 5.10 Å². The predicted octanol–water partition coefficient (Wildman–Crippen LogP) is 6.36. The van der Waals surface area contributed by atoms with Crippen molar-refractivity contribution in [1.29, 1.82) is 0 Å². The first-order valence-corrected chi connectivity index (χ1v) is 11.2. The highest BCUT2D eigenvalue weighted by atomic mass is 19.1. The fourth-order valence-electron chi connectivity index (χ4n) is 6.61. The van der Waals surface area contributed by atoms with Crippen LogP contribution >= 0.6 is 0 Å². The minimum atomic E-state index is -0.245. The summed E-state index contributed by atoms with van der Waals surface area (Å²) in [5.41, 5.74) is 7.19. The Kier molecular flexibility index (Phi) is 4.33. The molecule has 4 fully saturated rings. The summed E-state index contributed by atoms with van der Waals surface area (Å²) in [7, 11) is 0. The number of pyridine rings is 1. The van der Waals surface area contributed by atoms with E-state index in [4.69, 9.17) is 4.98 Å². The minimum absolute atomic E-state index is 0.245. The van der Waals surface area contributed by atoms with Crippen LogP contribution in [0.5, 0.6) is 0 Å². The van der Waals surface area contributed by atoms with E-state index < -0.39 is 0 Å². The summed E-state index contributed by atoms with van der Waals surface area (Å²) in [6, 6.07) is 16.9. The first kappa shape index (κ1) is 18.1. The molecule has 0 saturated heterocycles. The number of nitrogens with zero attached hydrogens (tertiary/aromatic N) is 2. The zero-order valence-corrected chi connectivity index (χ0v) is 17.0. The molecule has 3 nitrogen and oxygen atoms in total. The van der Waals surface area contributed by atoms with Crippen molar-refractivity contribution in [1.82, 2.24) is 4.98 Å². The summed E-state index contributed by atoms with van der Waals surface area (Å²) in [4.78, 5) is 5.13. The standard InChI is InChI=1S/C26H26FN3/c27-21-5-7-22(8-6-21)30-28-15-20-14-25(29-24-4-2-1-3-23(20)24)26-18-10-16-9-17(12-18)13-19(26)11-16/h1-8,14-19,26,30H,9-13H2/b28-15-. The van der Waals surface area contributed by atoms with Gasteiger partial charge >= 0.3 is 0 Å². The van der Waals surface area contributed by atoms with Gasteiger partial charge in [0.05, 0.1) is 17.4 Å². The topological polar surface area (TPSA) is 37.3 Å². The van der Waals surface area contributed by atoms with Crippen LogP contribution in [-0.2, 0) is 0 Å². The van der Waals surface area contributed by atoms with Gasteiger partial charge in [-0.3, -0.25) is 10.4 Å². The van der Waals surface area contributed by atoms with Gasteiger partial charge < -0.3 is 0 Å². The second-order valence-corrected chi connectivity index (χ2v) is 9.49. The molecular weight excluding hydrogens is 373 g/mol. The van der Waals surface area contributed by atoms with Gasteiger partial charge in [-0.25, -0.2) is 4.39 Å². The fourth-order valence-corrected chi connectivity index (χ4v) is 6.61. The predicted molar refractivity (Wildman–Crippen MR) is 119 cm³/mol. The number of nitrogens with one attached hydrogen (secondary N) is 1. The lowest BCUT2D eigenvalue weighted by molar-refractivity contribution is -0.00405. The van der Waals surface area contributed by atoms with E-state index in [-0.39, 0.29) is 5.82 Å². The number of aromatic nitrogens is 1. The van der Waals surface area contributed by atoms with E-state index in [9.17, 15) is 4.39 Å². The molecule has 0 spiro atoms. The van der Waals surface area contributed by atoms with Crippen molar-refractivity contribution < 1.29 is 4.39 Å². The Bertz CT molecular complexity index is 1080. The van der Waals surface area contributed by atoms with Crippen molar-refractivity contribution in [2.45, 2.75) is 38.0 Å². The Morgan fingerprint density at radius 1 is 0.900 bits per heavy atom. The largest absolute Gasteiger partial charge is 0.279 e. The molecule has 0 radical (unpaired) electrons. The smallest absolute Gasteiger partial charge is 0.123 e. The number of hydrazone groups is 1. The third-order valence-electron chi connectivity index (χ3n) is 7.58. The van der Waals surface area contributed by atoms with Crippen LogP contribution in [0.15, 0.2) is 59.7 Å². The number of hydrogen-bond acceptors (Lipinski definition) is 3. The molecule has 0 aliphatic heterocycles. The monoisotopic (exact) mass is 399 g/mol. The van der Waals surface area contributed by atoms with Crippen molar-refractivity contribution in [3.8, 4) is 0 Å². The van der Waals surface area contributed by atoms with Gasteiger partial charge in [0.2, 0.25) is 0 Å². The van der Waals surface area contributed by atoms with Gasteiger partial charge in [-0.1, -0.05) is 18.2 Å². The van der Waals surface area contributed by atoms with Crippen LogP contribution in [0.3, 0.4) is 0 Å². The molecule has 2 aromatic carbocycles. The van der Waals surface area contributed by atoms with Gasteiger partial charge in [-0.05, 0) is 92.2 Å². The molecule has 4 bridgehead atoms. The first-order valence-electron chi connectivity index (χ1n) is 11.2. The van der Waals surface area contributed by atoms with E-state index >= 15 is 0 Å². The molecular formula is C26H26FN3. The molecule has 0 amide bonds. The van der Waals surface area contributed by atoms with E-state index in [1.807, 2.05) is 6.21 Å². The van der Waals surface area contributed by atoms with Crippen LogP contribution in [0.2, 0.25) is 0 Å². The number of halogens is 1. The number of hydrogen-bond donors (Lipinski definition) is 1. The fraction of sp³-hybridized carbons (Fsp3) is 0.385.